The lowest BCUT2D eigenvalue weighted by Crippen LogP contribution is -2.29. The van der Waals surface area contributed by atoms with E-state index >= 15 is 0 Å². The van der Waals surface area contributed by atoms with Crippen LogP contribution in [-0.2, 0) is 14.8 Å². The lowest BCUT2D eigenvalue weighted by atomic mass is 10.1. The van der Waals surface area contributed by atoms with Crippen LogP contribution in [0.15, 0.2) is 41.3 Å². The molecule has 1 aromatic heterocycles. The summed E-state index contributed by atoms with van der Waals surface area (Å²) in [6.45, 7) is 1.31. The van der Waals surface area contributed by atoms with Gasteiger partial charge in [0.15, 0.2) is 0 Å². The Morgan fingerprint density at radius 1 is 0.941 bits per heavy atom. The molecule has 2 aromatic carbocycles. The molecule has 0 bridgehead atoms. The Morgan fingerprint density at radius 2 is 1.62 bits per heavy atom. The van der Waals surface area contributed by atoms with Crippen LogP contribution in [0.3, 0.4) is 0 Å². The van der Waals surface area contributed by atoms with Gasteiger partial charge in [-0.1, -0.05) is 24.3 Å². The maximum Gasteiger partial charge on any atom is 0.241 e. The molecule has 184 valence electrons. The Balaban J connectivity index is 1.60. The third kappa shape index (κ3) is 6.87. The zero-order chi connectivity index (χ0) is 24.6. The Morgan fingerprint density at radius 3 is 2.32 bits per heavy atom. The number of aromatic nitrogens is 3. The van der Waals surface area contributed by atoms with Crippen LogP contribution in [0.5, 0.6) is 0 Å². The van der Waals surface area contributed by atoms with Crippen LogP contribution >= 0.6 is 11.6 Å². The number of aliphatic hydroxyl groups is 1. The van der Waals surface area contributed by atoms with Gasteiger partial charge in [0.1, 0.15) is 0 Å². The van der Waals surface area contributed by atoms with Crippen LogP contribution in [0.1, 0.15) is 0 Å². The van der Waals surface area contributed by atoms with Crippen molar-refractivity contribution in [1.29, 1.82) is 0 Å². The number of nitrogens with zero attached hydrogens (tertiary/aromatic N) is 4. The summed E-state index contributed by atoms with van der Waals surface area (Å²) in [5.41, 5.74) is 0.937. The quantitative estimate of drug-likeness (QED) is 0.251. The van der Waals surface area contributed by atoms with Crippen molar-refractivity contribution in [3.63, 3.8) is 0 Å². The SMILES string of the molecule is CN(C)c1cccc2c(S(=O)(=O)NCCNc3nc(Cl)nc(NCCOCCO)n3)cccc12. The van der Waals surface area contributed by atoms with Crippen molar-refractivity contribution in [2.24, 2.45) is 0 Å². The van der Waals surface area contributed by atoms with Crippen molar-refractivity contribution in [2.45, 2.75) is 4.90 Å². The first kappa shape index (κ1) is 25.8. The molecule has 13 heteroatoms. The number of anilines is 3. The van der Waals surface area contributed by atoms with Gasteiger partial charge in [0, 0.05) is 50.2 Å². The molecule has 0 amide bonds. The molecule has 4 N–H and O–H groups in total. The second kappa shape index (κ2) is 12.1. The van der Waals surface area contributed by atoms with E-state index in [0.29, 0.717) is 18.5 Å². The molecule has 1 heterocycles. The van der Waals surface area contributed by atoms with E-state index in [-0.39, 0.29) is 48.4 Å². The van der Waals surface area contributed by atoms with Crippen LogP contribution in [0.2, 0.25) is 5.28 Å². The maximum absolute atomic E-state index is 13.0. The van der Waals surface area contributed by atoms with Gasteiger partial charge >= 0.3 is 0 Å². The molecule has 3 rings (SSSR count). The minimum atomic E-state index is -3.75. The van der Waals surface area contributed by atoms with Crippen LogP contribution in [0, 0.1) is 0 Å². The minimum absolute atomic E-state index is 0.00990. The molecule has 0 unspecified atom stereocenters. The number of hydrogen-bond acceptors (Lipinski definition) is 10. The summed E-state index contributed by atoms with van der Waals surface area (Å²) in [5.74, 6) is 0.460. The molecule has 34 heavy (non-hydrogen) atoms. The van der Waals surface area contributed by atoms with Crippen LogP contribution < -0.4 is 20.3 Å². The summed E-state index contributed by atoms with van der Waals surface area (Å²) in [6, 6.07) is 10.8. The van der Waals surface area contributed by atoms with Crippen molar-refractivity contribution in [3.05, 3.63) is 41.7 Å². The van der Waals surface area contributed by atoms with Crippen molar-refractivity contribution < 1.29 is 18.3 Å². The first-order valence-corrected chi connectivity index (χ1v) is 12.4. The van der Waals surface area contributed by atoms with Gasteiger partial charge in [-0.2, -0.15) is 15.0 Å². The maximum atomic E-state index is 13.0. The second-order valence-corrected chi connectivity index (χ2v) is 9.44. The monoisotopic (exact) mass is 509 g/mol. The van der Waals surface area contributed by atoms with Crippen molar-refractivity contribution in [1.82, 2.24) is 19.7 Å². The Bertz CT molecular complexity index is 1210. The molecule has 0 radical (unpaired) electrons. The van der Waals surface area contributed by atoms with E-state index in [1.165, 1.54) is 0 Å². The number of benzene rings is 2. The Kier molecular flexibility index (Phi) is 9.19. The van der Waals surface area contributed by atoms with E-state index in [1.54, 1.807) is 18.2 Å². The molecular weight excluding hydrogens is 482 g/mol. The van der Waals surface area contributed by atoms with Crippen LogP contribution in [0.25, 0.3) is 10.8 Å². The third-order valence-electron chi connectivity index (χ3n) is 4.70. The highest BCUT2D eigenvalue weighted by Crippen LogP contribution is 2.30. The highest BCUT2D eigenvalue weighted by Gasteiger charge is 2.18. The highest BCUT2D eigenvalue weighted by molar-refractivity contribution is 7.89. The largest absolute Gasteiger partial charge is 0.394 e. The fourth-order valence-corrected chi connectivity index (χ4v) is 4.65. The molecule has 0 saturated carbocycles. The number of nitrogens with one attached hydrogen (secondary N) is 3. The van der Waals surface area contributed by atoms with Gasteiger partial charge in [0.2, 0.25) is 27.2 Å². The zero-order valence-corrected chi connectivity index (χ0v) is 20.5. The van der Waals surface area contributed by atoms with E-state index in [0.717, 1.165) is 11.1 Å². The van der Waals surface area contributed by atoms with Gasteiger partial charge in [-0.15, -0.1) is 0 Å². The second-order valence-electron chi connectivity index (χ2n) is 7.36. The van der Waals surface area contributed by atoms with Gasteiger partial charge in [-0.25, -0.2) is 13.1 Å². The lowest BCUT2D eigenvalue weighted by Gasteiger charge is -2.17. The molecular formula is C21H28ClN7O4S. The molecule has 3 aromatic rings. The van der Waals surface area contributed by atoms with Crippen molar-refractivity contribution in [3.8, 4) is 0 Å². The highest BCUT2D eigenvalue weighted by atomic mass is 35.5. The van der Waals surface area contributed by atoms with E-state index in [4.69, 9.17) is 21.4 Å². The van der Waals surface area contributed by atoms with E-state index in [9.17, 15) is 8.42 Å². The molecule has 0 aliphatic rings. The summed E-state index contributed by atoms with van der Waals surface area (Å²) in [7, 11) is 0.0804. The average Bonchev–Trinajstić information content (AvgIpc) is 2.80. The topological polar surface area (TPSA) is 142 Å². The Hall–Kier alpha value is -2.77. The average molecular weight is 510 g/mol. The first-order valence-electron chi connectivity index (χ1n) is 10.6. The molecule has 0 atom stereocenters. The fourth-order valence-electron chi connectivity index (χ4n) is 3.24. The summed E-state index contributed by atoms with van der Waals surface area (Å²) < 4.78 is 33.7. The number of fused-ring (bicyclic) bond motifs is 1. The van der Waals surface area contributed by atoms with Gasteiger partial charge in [0.25, 0.3) is 0 Å². The molecule has 0 fully saturated rings. The number of halogens is 1. The first-order chi connectivity index (χ1) is 16.3. The Labute approximate surface area is 203 Å². The summed E-state index contributed by atoms with van der Waals surface area (Å²) >= 11 is 5.95. The number of rotatable bonds is 13. The summed E-state index contributed by atoms with van der Waals surface area (Å²) in [6.07, 6.45) is 0. The number of hydrogen-bond donors (Lipinski definition) is 4. The number of aliphatic hydroxyl groups excluding tert-OH is 1. The van der Waals surface area contributed by atoms with Crippen LogP contribution in [-0.4, -0.2) is 82.0 Å². The standard InChI is InChI=1S/C21H28ClN7O4S/c1-29(2)17-7-3-6-16-15(17)5-4-8-18(16)34(31,32)25-10-9-23-20-26-19(22)27-21(28-20)24-11-13-33-14-12-30/h3-8,25,30H,9-14H2,1-2H3,(H2,23,24,26,27,28). The predicted octanol–water partition coefficient (Wildman–Crippen LogP) is 1.56. The van der Waals surface area contributed by atoms with Gasteiger partial charge < -0.3 is 25.4 Å². The van der Waals surface area contributed by atoms with E-state index < -0.39 is 10.0 Å². The minimum Gasteiger partial charge on any atom is -0.394 e. The number of sulfonamides is 1. The summed E-state index contributed by atoms with van der Waals surface area (Å²) in [5, 5.41) is 16.1. The zero-order valence-electron chi connectivity index (χ0n) is 19.0. The predicted molar refractivity (Wildman–Crippen MR) is 133 cm³/mol. The molecule has 0 saturated heterocycles. The fraction of sp³-hybridized carbons (Fsp3) is 0.381. The van der Waals surface area contributed by atoms with E-state index in [2.05, 4.69) is 30.3 Å². The molecule has 0 spiro atoms. The van der Waals surface area contributed by atoms with Gasteiger partial charge in [-0.05, 0) is 23.7 Å². The van der Waals surface area contributed by atoms with Crippen molar-refractivity contribution >= 4 is 50.0 Å². The van der Waals surface area contributed by atoms with Gasteiger partial charge in [-0.3, -0.25) is 0 Å². The van der Waals surface area contributed by atoms with E-state index in [1.807, 2.05) is 37.2 Å². The molecule has 0 aliphatic heterocycles. The molecule has 11 nitrogen and oxygen atoms in total. The van der Waals surface area contributed by atoms with Crippen molar-refractivity contribution in [2.75, 3.05) is 69.1 Å². The lowest BCUT2D eigenvalue weighted by molar-refractivity contribution is 0.0991. The normalized spacial score (nSPS) is 11.5. The smallest absolute Gasteiger partial charge is 0.241 e. The number of ether oxygens (including phenoxy) is 1. The van der Waals surface area contributed by atoms with Crippen LogP contribution in [0.4, 0.5) is 17.6 Å². The summed E-state index contributed by atoms with van der Waals surface area (Å²) in [4.78, 5) is 14.3. The third-order valence-corrected chi connectivity index (χ3v) is 6.39. The molecule has 0 aliphatic carbocycles. The van der Waals surface area contributed by atoms with Gasteiger partial charge in [0.05, 0.1) is 24.7 Å².